The first kappa shape index (κ1) is 11.8. The van der Waals surface area contributed by atoms with Crippen molar-refractivity contribution in [3.8, 4) is 0 Å². The monoisotopic (exact) mass is 290 g/mol. The van der Waals surface area contributed by atoms with Crippen LogP contribution < -0.4 is 0 Å². The summed E-state index contributed by atoms with van der Waals surface area (Å²) in [6, 6.07) is 7.21. The van der Waals surface area contributed by atoms with Crippen LogP contribution in [0.4, 0.5) is 0 Å². The minimum atomic E-state index is -1.16. The van der Waals surface area contributed by atoms with Gasteiger partial charge < -0.3 is 4.74 Å². The number of epoxide rings is 1. The number of benzene rings is 1. The van der Waals surface area contributed by atoms with Gasteiger partial charge in [-0.3, -0.25) is 8.42 Å². The van der Waals surface area contributed by atoms with Gasteiger partial charge in [0, 0.05) is 16.5 Å². The van der Waals surface area contributed by atoms with E-state index < -0.39 is 25.9 Å². The summed E-state index contributed by atoms with van der Waals surface area (Å²) < 4.78 is 28.6. The summed E-state index contributed by atoms with van der Waals surface area (Å²) in [7, 11) is -2.32. The maximum absolute atomic E-state index is 12.0. The molecular weight excluding hydrogens is 280 g/mol. The minimum absolute atomic E-state index is 0.304. The van der Waals surface area contributed by atoms with Crippen LogP contribution >= 0.6 is 11.6 Å². The second kappa shape index (κ2) is 4.16. The van der Waals surface area contributed by atoms with Gasteiger partial charge in [0.25, 0.3) is 0 Å². The summed E-state index contributed by atoms with van der Waals surface area (Å²) in [5, 5.41) is 0.648. The maximum atomic E-state index is 12.0. The van der Waals surface area contributed by atoms with Gasteiger partial charge in [-0.1, -0.05) is 23.7 Å². The van der Waals surface area contributed by atoms with Crippen LogP contribution in [0.15, 0.2) is 24.3 Å². The lowest BCUT2D eigenvalue weighted by molar-refractivity contribution is 0.389. The standard InChI is InChI=1S/C11H11ClO3S2/c12-9-4-2-8(3-5-9)10-11(15-10)16(13)6-1-7-17(11)14/h2-5,10H,1,6-7H2/t10-,16-,17-/m1/s1. The summed E-state index contributed by atoms with van der Waals surface area (Å²) in [4.78, 5) is 0. The Morgan fingerprint density at radius 3 is 2.35 bits per heavy atom. The highest BCUT2D eigenvalue weighted by Crippen LogP contribution is 2.56. The van der Waals surface area contributed by atoms with Crippen LogP contribution in [0.3, 0.4) is 0 Å². The number of ether oxygens (including phenoxy) is 1. The molecule has 0 radical (unpaired) electrons. The van der Waals surface area contributed by atoms with E-state index in [2.05, 4.69) is 0 Å². The van der Waals surface area contributed by atoms with Gasteiger partial charge in [0.15, 0.2) is 0 Å². The van der Waals surface area contributed by atoms with Crippen molar-refractivity contribution < 1.29 is 13.2 Å². The average Bonchev–Trinajstić information content (AvgIpc) is 3.04. The number of halogens is 1. The third kappa shape index (κ3) is 1.80. The number of hydrogen-bond donors (Lipinski definition) is 0. The third-order valence-electron chi connectivity index (χ3n) is 3.01. The third-order valence-corrected chi connectivity index (χ3v) is 7.59. The van der Waals surface area contributed by atoms with Crippen molar-refractivity contribution in [2.45, 2.75) is 16.8 Å². The van der Waals surface area contributed by atoms with Crippen LogP contribution in [-0.2, 0) is 26.3 Å². The predicted octanol–water partition coefficient (Wildman–Crippen LogP) is 1.97. The molecule has 3 nitrogen and oxygen atoms in total. The lowest BCUT2D eigenvalue weighted by Gasteiger charge is -2.17. The fourth-order valence-corrected chi connectivity index (χ4v) is 6.27. The lowest BCUT2D eigenvalue weighted by atomic mass is 10.2. The zero-order valence-electron chi connectivity index (χ0n) is 8.93. The smallest absolute Gasteiger partial charge is 0.249 e. The minimum Gasteiger partial charge on any atom is -0.335 e. The highest BCUT2D eigenvalue weighted by atomic mass is 35.5. The molecule has 0 saturated carbocycles. The van der Waals surface area contributed by atoms with E-state index in [1.165, 1.54) is 0 Å². The largest absolute Gasteiger partial charge is 0.335 e. The molecule has 6 heteroatoms. The molecule has 1 spiro atoms. The van der Waals surface area contributed by atoms with Crippen LogP contribution in [0, 0.1) is 0 Å². The van der Waals surface area contributed by atoms with Gasteiger partial charge in [-0.05, 0) is 24.1 Å². The predicted molar refractivity (Wildman–Crippen MR) is 68.6 cm³/mol. The highest BCUT2D eigenvalue weighted by Gasteiger charge is 2.67. The molecule has 2 heterocycles. The summed E-state index contributed by atoms with van der Waals surface area (Å²) in [5.41, 5.74) is 0.901. The van der Waals surface area contributed by atoms with Gasteiger partial charge in [-0.2, -0.15) is 0 Å². The van der Waals surface area contributed by atoms with Crippen molar-refractivity contribution in [3.63, 3.8) is 0 Å². The first-order chi connectivity index (χ1) is 8.14. The molecule has 17 heavy (non-hydrogen) atoms. The van der Waals surface area contributed by atoms with Crippen LogP contribution in [0.1, 0.15) is 18.1 Å². The molecule has 2 aliphatic rings. The molecule has 0 aromatic heterocycles. The Kier molecular flexibility index (Phi) is 2.89. The molecule has 2 aliphatic heterocycles. The van der Waals surface area contributed by atoms with Crippen LogP contribution in [0.25, 0.3) is 0 Å². The highest BCUT2D eigenvalue weighted by molar-refractivity contribution is 8.05. The van der Waals surface area contributed by atoms with Gasteiger partial charge in [0.1, 0.15) is 6.10 Å². The van der Waals surface area contributed by atoms with Gasteiger partial charge in [-0.15, -0.1) is 0 Å². The molecule has 3 rings (SSSR count). The fourth-order valence-electron chi connectivity index (χ4n) is 2.10. The number of rotatable bonds is 1. The van der Waals surface area contributed by atoms with E-state index in [1.807, 2.05) is 12.1 Å². The van der Waals surface area contributed by atoms with Crippen molar-refractivity contribution in [1.82, 2.24) is 0 Å². The maximum Gasteiger partial charge on any atom is 0.249 e. The van der Waals surface area contributed by atoms with E-state index >= 15 is 0 Å². The summed E-state index contributed by atoms with van der Waals surface area (Å²) >= 11 is 5.81. The fraction of sp³-hybridized carbons (Fsp3) is 0.455. The van der Waals surface area contributed by atoms with Gasteiger partial charge in [0.05, 0.1) is 21.6 Å². The van der Waals surface area contributed by atoms with E-state index in [4.69, 9.17) is 16.3 Å². The summed E-state index contributed by atoms with van der Waals surface area (Å²) in [6.45, 7) is 0. The Bertz CT molecular complexity index is 484. The molecule has 0 aliphatic carbocycles. The Morgan fingerprint density at radius 2 is 1.76 bits per heavy atom. The van der Waals surface area contributed by atoms with E-state index in [-0.39, 0.29) is 6.10 Å². The average molecular weight is 291 g/mol. The molecule has 0 N–H and O–H groups in total. The van der Waals surface area contributed by atoms with Crippen LogP contribution in [0.5, 0.6) is 0 Å². The van der Waals surface area contributed by atoms with E-state index in [0.29, 0.717) is 16.5 Å². The molecule has 2 saturated heterocycles. The first-order valence-corrected chi connectivity index (χ1v) is 8.36. The zero-order valence-corrected chi connectivity index (χ0v) is 11.3. The molecule has 2 fully saturated rings. The zero-order chi connectivity index (χ0) is 12.0. The molecule has 1 aromatic rings. The molecule has 0 bridgehead atoms. The van der Waals surface area contributed by atoms with Gasteiger partial charge in [0.2, 0.25) is 4.27 Å². The van der Waals surface area contributed by atoms with Crippen molar-refractivity contribution in [2.75, 3.05) is 11.5 Å². The van der Waals surface area contributed by atoms with Crippen molar-refractivity contribution in [2.24, 2.45) is 0 Å². The molecule has 3 atom stereocenters. The second-order valence-electron chi connectivity index (χ2n) is 4.11. The number of hydrogen-bond acceptors (Lipinski definition) is 3. The topological polar surface area (TPSA) is 46.7 Å². The Hall–Kier alpha value is -0.230. The van der Waals surface area contributed by atoms with E-state index in [9.17, 15) is 8.42 Å². The second-order valence-corrected chi connectivity index (χ2v) is 8.21. The van der Waals surface area contributed by atoms with E-state index in [1.54, 1.807) is 12.1 Å². The first-order valence-electron chi connectivity index (χ1n) is 5.35. The van der Waals surface area contributed by atoms with Crippen LogP contribution in [-0.4, -0.2) is 24.2 Å². The molecule has 0 amide bonds. The van der Waals surface area contributed by atoms with Gasteiger partial charge >= 0.3 is 0 Å². The van der Waals surface area contributed by atoms with E-state index in [0.717, 1.165) is 12.0 Å². The molecule has 1 aromatic carbocycles. The Labute approximate surface area is 109 Å². The van der Waals surface area contributed by atoms with Crippen molar-refractivity contribution >= 4 is 33.2 Å². The SMILES string of the molecule is O=[S@@]1CCC[S@@](=O)C12O[C@@H]2c1ccc(Cl)cc1. The quantitative estimate of drug-likeness (QED) is 0.743. The molecule has 92 valence electrons. The lowest BCUT2D eigenvalue weighted by Crippen LogP contribution is -2.34. The summed E-state index contributed by atoms with van der Waals surface area (Å²) in [5.74, 6) is 1.16. The Balaban J connectivity index is 1.91. The van der Waals surface area contributed by atoms with Crippen molar-refractivity contribution in [1.29, 1.82) is 0 Å². The van der Waals surface area contributed by atoms with Gasteiger partial charge in [-0.25, -0.2) is 0 Å². The molecule has 0 unspecified atom stereocenters. The van der Waals surface area contributed by atoms with Crippen molar-refractivity contribution in [3.05, 3.63) is 34.9 Å². The Morgan fingerprint density at radius 1 is 1.18 bits per heavy atom. The molecular formula is C11H11ClO3S2. The normalized spacial score (nSPS) is 34.8. The summed E-state index contributed by atoms with van der Waals surface area (Å²) in [6.07, 6.45) is 0.444. The van der Waals surface area contributed by atoms with Crippen LogP contribution in [0.2, 0.25) is 5.02 Å².